The molecule has 1 amide bonds. The second kappa shape index (κ2) is 10.7. The van der Waals surface area contributed by atoms with Gasteiger partial charge in [-0.25, -0.2) is 8.42 Å². The van der Waals surface area contributed by atoms with Gasteiger partial charge >= 0.3 is 0 Å². The van der Waals surface area contributed by atoms with Crippen LogP contribution in [-0.2, 0) is 21.4 Å². The molecule has 0 atom stereocenters. The van der Waals surface area contributed by atoms with Crippen molar-refractivity contribution in [3.63, 3.8) is 0 Å². The van der Waals surface area contributed by atoms with Crippen molar-refractivity contribution in [3.8, 4) is 17.2 Å². The molecule has 0 spiro atoms. The molecule has 162 valence electrons. The fourth-order valence-electron chi connectivity index (χ4n) is 2.62. The molecule has 9 heteroatoms. The summed E-state index contributed by atoms with van der Waals surface area (Å²) in [5.74, 6) is 0.938. The van der Waals surface area contributed by atoms with Crippen molar-refractivity contribution in [2.24, 2.45) is 0 Å². The Hall–Kier alpha value is -3.04. The van der Waals surface area contributed by atoms with Crippen LogP contribution in [0.25, 0.3) is 6.08 Å². The predicted octanol–water partition coefficient (Wildman–Crippen LogP) is 2.26. The minimum Gasteiger partial charge on any atom is -0.493 e. The summed E-state index contributed by atoms with van der Waals surface area (Å²) >= 11 is 0. The Balaban J connectivity index is 1.99. The number of amides is 1. The van der Waals surface area contributed by atoms with Crippen molar-refractivity contribution in [1.82, 2.24) is 9.62 Å². The van der Waals surface area contributed by atoms with Crippen LogP contribution in [0.5, 0.6) is 17.2 Å². The molecule has 2 aromatic rings. The fourth-order valence-corrected chi connectivity index (χ4v) is 3.45. The molecular weight excluding hydrogens is 408 g/mol. The average molecular weight is 435 g/mol. The number of carbonyl (C=O) groups excluding carboxylic acids is 1. The predicted molar refractivity (Wildman–Crippen MR) is 115 cm³/mol. The maximum Gasteiger partial charge on any atom is 0.236 e. The highest BCUT2D eigenvalue weighted by molar-refractivity contribution is 7.92. The second-order valence-electron chi connectivity index (χ2n) is 6.32. The number of likely N-dealkylation sites (N-methyl/N-ethyl adjacent to an activating group) is 1. The minimum absolute atomic E-state index is 0.170. The molecule has 2 aromatic carbocycles. The second-order valence-corrected chi connectivity index (χ2v) is 8.25. The zero-order valence-electron chi connectivity index (χ0n) is 17.4. The largest absolute Gasteiger partial charge is 0.493 e. The van der Waals surface area contributed by atoms with E-state index >= 15 is 0 Å². The highest BCUT2D eigenvalue weighted by Crippen LogP contribution is 2.38. The maximum atomic E-state index is 12.4. The average Bonchev–Trinajstić information content (AvgIpc) is 2.76. The SMILES string of the molecule is COc1cc(CNC(=O)CN(C)S(=O)(=O)C=Cc2ccccc2)cc(OC)c1OC. The van der Waals surface area contributed by atoms with Gasteiger partial charge in [0, 0.05) is 19.0 Å². The monoisotopic (exact) mass is 434 g/mol. The maximum absolute atomic E-state index is 12.4. The summed E-state index contributed by atoms with van der Waals surface area (Å²) in [7, 11) is 2.13. The number of methoxy groups -OCH3 is 3. The molecule has 0 unspecified atom stereocenters. The van der Waals surface area contributed by atoms with Crippen LogP contribution in [0.2, 0.25) is 0 Å². The van der Waals surface area contributed by atoms with Crippen LogP contribution in [0.3, 0.4) is 0 Å². The summed E-state index contributed by atoms with van der Waals surface area (Å²) < 4.78 is 41.5. The normalized spacial score (nSPS) is 11.5. The van der Waals surface area contributed by atoms with Crippen LogP contribution in [0, 0.1) is 0 Å². The molecule has 0 aliphatic rings. The first-order valence-corrected chi connectivity index (χ1v) is 10.6. The van der Waals surface area contributed by atoms with Gasteiger partial charge in [0.2, 0.25) is 21.7 Å². The van der Waals surface area contributed by atoms with E-state index in [-0.39, 0.29) is 13.1 Å². The van der Waals surface area contributed by atoms with Crippen molar-refractivity contribution in [2.75, 3.05) is 34.9 Å². The van der Waals surface area contributed by atoms with E-state index in [2.05, 4.69) is 5.32 Å². The van der Waals surface area contributed by atoms with Crippen LogP contribution in [0.4, 0.5) is 0 Å². The molecule has 30 heavy (non-hydrogen) atoms. The fraction of sp³-hybridized carbons (Fsp3) is 0.286. The minimum atomic E-state index is -3.73. The van der Waals surface area contributed by atoms with Crippen LogP contribution in [-0.4, -0.2) is 53.6 Å². The molecule has 2 rings (SSSR count). The molecule has 0 saturated heterocycles. The lowest BCUT2D eigenvalue weighted by Gasteiger charge is -2.16. The van der Waals surface area contributed by atoms with E-state index in [1.165, 1.54) is 34.5 Å². The number of nitrogens with one attached hydrogen (secondary N) is 1. The number of hydrogen-bond donors (Lipinski definition) is 1. The van der Waals surface area contributed by atoms with Crippen molar-refractivity contribution >= 4 is 22.0 Å². The van der Waals surface area contributed by atoms with E-state index < -0.39 is 15.9 Å². The number of carbonyl (C=O) groups is 1. The van der Waals surface area contributed by atoms with Crippen molar-refractivity contribution in [2.45, 2.75) is 6.54 Å². The van der Waals surface area contributed by atoms with Gasteiger partial charge in [0.1, 0.15) is 0 Å². The van der Waals surface area contributed by atoms with Gasteiger partial charge in [-0.05, 0) is 29.3 Å². The van der Waals surface area contributed by atoms with Gasteiger partial charge in [0.15, 0.2) is 11.5 Å². The third-order valence-corrected chi connectivity index (χ3v) is 5.72. The van der Waals surface area contributed by atoms with Crippen LogP contribution < -0.4 is 19.5 Å². The van der Waals surface area contributed by atoms with E-state index in [4.69, 9.17) is 14.2 Å². The lowest BCUT2D eigenvalue weighted by atomic mass is 10.1. The summed E-state index contributed by atoms with van der Waals surface area (Å²) in [4.78, 5) is 12.3. The van der Waals surface area contributed by atoms with Crippen molar-refractivity contribution in [1.29, 1.82) is 0 Å². The molecule has 0 saturated carbocycles. The van der Waals surface area contributed by atoms with E-state index in [0.717, 1.165) is 15.3 Å². The van der Waals surface area contributed by atoms with Crippen molar-refractivity contribution in [3.05, 3.63) is 59.0 Å². The van der Waals surface area contributed by atoms with E-state index in [0.29, 0.717) is 22.8 Å². The van der Waals surface area contributed by atoms with Gasteiger partial charge in [-0.3, -0.25) is 4.79 Å². The molecule has 0 aliphatic heterocycles. The van der Waals surface area contributed by atoms with Crippen LogP contribution in [0.15, 0.2) is 47.9 Å². The van der Waals surface area contributed by atoms with Gasteiger partial charge in [-0.1, -0.05) is 30.3 Å². The molecule has 0 radical (unpaired) electrons. The number of rotatable bonds is 10. The number of nitrogens with zero attached hydrogens (tertiary/aromatic N) is 1. The van der Waals surface area contributed by atoms with Crippen LogP contribution in [0.1, 0.15) is 11.1 Å². The molecule has 0 bridgehead atoms. The lowest BCUT2D eigenvalue weighted by molar-refractivity contribution is -0.121. The van der Waals surface area contributed by atoms with Crippen LogP contribution >= 0.6 is 0 Å². The number of sulfonamides is 1. The Kier molecular flexibility index (Phi) is 8.25. The molecule has 0 heterocycles. The summed E-state index contributed by atoms with van der Waals surface area (Å²) in [6.07, 6.45) is 1.49. The van der Waals surface area contributed by atoms with Crippen molar-refractivity contribution < 1.29 is 27.4 Å². The van der Waals surface area contributed by atoms with Gasteiger partial charge < -0.3 is 19.5 Å². The summed E-state index contributed by atoms with van der Waals surface area (Å²) in [6, 6.07) is 12.5. The Morgan fingerprint density at radius 2 is 1.63 bits per heavy atom. The van der Waals surface area contributed by atoms with Gasteiger partial charge in [-0.2, -0.15) is 4.31 Å². The van der Waals surface area contributed by atoms with Gasteiger partial charge in [0.05, 0.1) is 27.9 Å². The zero-order valence-corrected chi connectivity index (χ0v) is 18.2. The first-order chi connectivity index (χ1) is 14.3. The third-order valence-electron chi connectivity index (χ3n) is 4.25. The quantitative estimate of drug-likeness (QED) is 0.617. The highest BCUT2D eigenvalue weighted by Gasteiger charge is 2.18. The summed E-state index contributed by atoms with van der Waals surface area (Å²) in [5.41, 5.74) is 1.47. The highest BCUT2D eigenvalue weighted by atomic mass is 32.2. The standard InChI is InChI=1S/C21H26N2O6S/c1-23(30(25,26)11-10-16-8-6-5-7-9-16)15-20(24)22-14-17-12-18(27-2)21(29-4)19(13-17)28-3/h5-13H,14-15H2,1-4H3,(H,22,24). The third kappa shape index (κ3) is 6.23. The van der Waals surface area contributed by atoms with Gasteiger partial charge in [0.25, 0.3) is 0 Å². The Bertz CT molecular complexity index is 965. The Morgan fingerprint density at radius 1 is 1.03 bits per heavy atom. The zero-order chi connectivity index (χ0) is 22.1. The molecule has 1 N–H and O–H groups in total. The number of benzene rings is 2. The molecule has 8 nitrogen and oxygen atoms in total. The summed E-state index contributed by atoms with van der Waals surface area (Å²) in [6.45, 7) is -0.144. The van der Waals surface area contributed by atoms with E-state index in [9.17, 15) is 13.2 Å². The molecular formula is C21H26N2O6S. The molecule has 0 fully saturated rings. The Labute approximate surface area is 177 Å². The van der Waals surface area contributed by atoms with E-state index in [1.54, 1.807) is 24.3 Å². The first-order valence-electron chi connectivity index (χ1n) is 9.05. The Morgan fingerprint density at radius 3 is 2.17 bits per heavy atom. The lowest BCUT2D eigenvalue weighted by Crippen LogP contribution is -2.37. The summed E-state index contributed by atoms with van der Waals surface area (Å²) in [5, 5.41) is 3.77. The van der Waals surface area contributed by atoms with Gasteiger partial charge in [-0.15, -0.1) is 0 Å². The molecule has 0 aromatic heterocycles. The molecule has 0 aliphatic carbocycles. The van der Waals surface area contributed by atoms with E-state index in [1.807, 2.05) is 18.2 Å². The first kappa shape index (κ1) is 23.2. The topological polar surface area (TPSA) is 94.2 Å². The smallest absolute Gasteiger partial charge is 0.236 e. The number of hydrogen-bond acceptors (Lipinski definition) is 6. The number of ether oxygens (including phenoxy) is 3.